The van der Waals surface area contributed by atoms with Gasteiger partial charge in [0.15, 0.2) is 17.2 Å². The molecule has 1 aliphatic rings. The molecule has 0 spiro atoms. The van der Waals surface area contributed by atoms with E-state index in [0.29, 0.717) is 64.9 Å². The van der Waals surface area contributed by atoms with Gasteiger partial charge in [-0.25, -0.2) is 24.9 Å². The molecule has 1 aliphatic heterocycles. The zero-order valence-corrected chi connectivity index (χ0v) is 19.8. The quantitative estimate of drug-likeness (QED) is 0.402. The number of anilines is 1. The molecule has 5 rings (SSSR count). The Morgan fingerprint density at radius 2 is 2.00 bits per heavy atom. The molecule has 12 heteroatoms. The molecular weight excluding hydrogens is 450 g/mol. The van der Waals surface area contributed by atoms with E-state index in [9.17, 15) is 9.59 Å². The largest absolute Gasteiger partial charge is 0.358 e. The van der Waals surface area contributed by atoms with Gasteiger partial charge in [0.2, 0.25) is 5.91 Å². The van der Waals surface area contributed by atoms with Crippen molar-refractivity contribution >= 4 is 28.8 Å². The van der Waals surface area contributed by atoms with Crippen molar-refractivity contribution in [1.82, 2.24) is 40.4 Å². The van der Waals surface area contributed by atoms with Crippen LogP contribution in [0, 0.1) is 0 Å². The van der Waals surface area contributed by atoms with Crippen molar-refractivity contribution < 1.29 is 14.1 Å². The van der Waals surface area contributed by atoms with Gasteiger partial charge < -0.3 is 20.1 Å². The molecule has 2 amide bonds. The summed E-state index contributed by atoms with van der Waals surface area (Å²) in [7, 11) is 0. The number of fused-ring (bicyclic) bond motifs is 2. The Balaban J connectivity index is 1.35. The number of carbonyl (C=O) groups excluding carboxylic acids is 2. The second kappa shape index (κ2) is 8.53. The van der Waals surface area contributed by atoms with Crippen LogP contribution < -0.4 is 10.6 Å². The van der Waals surface area contributed by atoms with Crippen molar-refractivity contribution in [2.45, 2.75) is 58.4 Å². The summed E-state index contributed by atoms with van der Waals surface area (Å²) in [5, 5.41) is 9.71. The molecule has 1 atom stereocenters. The number of rotatable bonds is 4. The van der Waals surface area contributed by atoms with Crippen molar-refractivity contribution in [2.75, 3.05) is 5.32 Å². The number of carbonyl (C=O) groups is 2. The number of amides is 2. The van der Waals surface area contributed by atoms with Gasteiger partial charge in [0.05, 0.1) is 12.2 Å². The number of hydrogen-bond acceptors (Lipinski definition) is 9. The Bertz CT molecular complexity index is 1430. The molecule has 4 aromatic rings. The lowest BCUT2D eigenvalue weighted by Crippen LogP contribution is -2.28. The standard InChI is InChI=1S/C23H25N9O3/c1-11(27-21(34)17-12-6-5-7-16(33)29-18(12)26-10-25-17)15-8-13(32-35-15)19-28-14-9-24-22(23(2,3)4)31-20(14)30-19/h8-11H,5-7H2,1-4H3,(H,27,34)(H,24,28,30,31)(H,25,26,29,33)/t11-/m1/s1. The average Bonchev–Trinajstić information content (AvgIpc) is 3.41. The maximum Gasteiger partial charge on any atom is 0.270 e. The number of aromatic amines is 1. The Morgan fingerprint density at radius 3 is 2.80 bits per heavy atom. The predicted octanol–water partition coefficient (Wildman–Crippen LogP) is 2.86. The van der Waals surface area contributed by atoms with E-state index in [0.717, 1.165) is 0 Å². The van der Waals surface area contributed by atoms with Crippen LogP contribution in [0.4, 0.5) is 5.82 Å². The molecule has 0 fully saturated rings. The van der Waals surface area contributed by atoms with E-state index >= 15 is 0 Å². The van der Waals surface area contributed by atoms with E-state index < -0.39 is 6.04 Å². The molecule has 0 saturated carbocycles. The van der Waals surface area contributed by atoms with E-state index in [1.54, 1.807) is 19.2 Å². The third kappa shape index (κ3) is 4.46. The molecule has 180 valence electrons. The summed E-state index contributed by atoms with van der Waals surface area (Å²) >= 11 is 0. The normalized spacial score (nSPS) is 14.8. The molecule has 3 N–H and O–H groups in total. The highest BCUT2D eigenvalue weighted by Gasteiger charge is 2.25. The first kappa shape index (κ1) is 22.6. The number of hydrogen-bond donors (Lipinski definition) is 3. The van der Waals surface area contributed by atoms with Gasteiger partial charge in [0, 0.05) is 23.5 Å². The third-order valence-corrected chi connectivity index (χ3v) is 5.70. The fourth-order valence-electron chi connectivity index (χ4n) is 3.81. The monoisotopic (exact) mass is 475 g/mol. The van der Waals surface area contributed by atoms with Gasteiger partial charge >= 0.3 is 0 Å². The topological polar surface area (TPSA) is 164 Å². The second-order valence-electron chi connectivity index (χ2n) is 9.52. The van der Waals surface area contributed by atoms with Crippen LogP contribution in [0.25, 0.3) is 22.7 Å². The minimum Gasteiger partial charge on any atom is -0.358 e. The maximum atomic E-state index is 13.0. The third-order valence-electron chi connectivity index (χ3n) is 5.70. The Labute approximate surface area is 200 Å². The maximum absolute atomic E-state index is 13.0. The SMILES string of the molecule is C[C@@H](NC(=O)c1ncnc2c1CCCC(=O)N2)c1cc(-c2nc3cnc(C(C)(C)C)nc3[nH]2)no1. The number of nitrogens with zero attached hydrogens (tertiary/aromatic N) is 6. The van der Waals surface area contributed by atoms with Crippen molar-refractivity contribution in [3.8, 4) is 11.5 Å². The van der Waals surface area contributed by atoms with Gasteiger partial charge in [-0.2, -0.15) is 0 Å². The Hall–Kier alpha value is -4.22. The Kier molecular flexibility index (Phi) is 5.50. The molecule has 0 radical (unpaired) electrons. The van der Waals surface area contributed by atoms with Crippen LogP contribution in [0.3, 0.4) is 0 Å². The van der Waals surface area contributed by atoms with Crippen LogP contribution in [0.15, 0.2) is 23.1 Å². The summed E-state index contributed by atoms with van der Waals surface area (Å²) in [5.41, 5.74) is 2.38. The van der Waals surface area contributed by atoms with Crippen molar-refractivity contribution in [2.24, 2.45) is 0 Å². The first-order valence-electron chi connectivity index (χ1n) is 11.3. The molecule has 35 heavy (non-hydrogen) atoms. The van der Waals surface area contributed by atoms with E-state index in [-0.39, 0.29) is 22.9 Å². The van der Waals surface area contributed by atoms with Crippen LogP contribution in [-0.2, 0) is 16.6 Å². The summed E-state index contributed by atoms with van der Waals surface area (Å²) in [4.78, 5) is 49.7. The lowest BCUT2D eigenvalue weighted by atomic mass is 9.96. The van der Waals surface area contributed by atoms with Crippen LogP contribution >= 0.6 is 0 Å². The molecule has 0 aromatic carbocycles. The van der Waals surface area contributed by atoms with Crippen molar-refractivity contribution in [1.29, 1.82) is 0 Å². The summed E-state index contributed by atoms with van der Waals surface area (Å²) in [5.74, 6) is 1.51. The van der Waals surface area contributed by atoms with Gasteiger partial charge in [-0.3, -0.25) is 9.59 Å². The minimum atomic E-state index is -0.494. The zero-order chi connectivity index (χ0) is 24.7. The van der Waals surface area contributed by atoms with E-state index in [1.807, 2.05) is 20.8 Å². The second-order valence-corrected chi connectivity index (χ2v) is 9.52. The first-order chi connectivity index (χ1) is 16.7. The summed E-state index contributed by atoms with van der Waals surface area (Å²) in [6.07, 6.45) is 4.47. The van der Waals surface area contributed by atoms with Gasteiger partial charge in [0.25, 0.3) is 5.91 Å². The molecule has 4 aromatic heterocycles. The summed E-state index contributed by atoms with van der Waals surface area (Å²) < 4.78 is 5.49. The van der Waals surface area contributed by atoms with Gasteiger partial charge in [-0.15, -0.1) is 0 Å². The molecule has 12 nitrogen and oxygen atoms in total. The lowest BCUT2D eigenvalue weighted by Gasteiger charge is -2.15. The summed E-state index contributed by atoms with van der Waals surface area (Å²) in [6.45, 7) is 7.91. The average molecular weight is 476 g/mol. The number of aromatic nitrogens is 7. The van der Waals surface area contributed by atoms with Crippen molar-refractivity contribution in [3.05, 3.63) is 41.4 Å². The van der Waals surface area contributed by atoms with Crippen LogP contribution in [0.2, 0.25) is 0 Å². The fourth-order valence-corrected chi connectivity index (χ4v) is 3.81. The molecule has 5 heterocycles. The molecule has 0 aliphatic carbocycles. The number of nitrogens with one attached hydrogen (secondary N) is 3. The van der Waals surface area contributed by atoms with Crippen LogP contribution in [-0.4, -0.2) is 46.9 Å². The van der Waals surface area contributed by atoms with Crippen molar-refractivity contribution in [3.63, 3.8) is 0 Å². The smallest absolute Gasteiger partial charge is 0.270 e. The predicted molar refractivity (Wildman–Crippen MR) is 125 cm³/mol. The minimum absolute atomic E-state index is 0.123. The van der Waals surface area contributed by atoms with Crippen LogP contribution in [0.5, 0.6) is 0 Å². The lowest BCUT2D eigenvalue weighted by molar-refractivity contribution is -0.116. The van der Waals surface area contributed by atoms with E-state index in [4.69, 9.17) is 4.52 Å². The summed E-state index contributed by atoms with van der Waals surface area (Å²) in [6, 6.07) is 1.22. The highest BCUT2D eigenvalue weighted by atomic mass is 16.5. The van der Waals surface area contributed by atoms with Gasteiger partial charge in [-0.05, 0) is 19.8 Å². The first-order valence-corrected chi connectivity index (χ1v) is 11.3. The molecule has 0 saturated heterocycles. The molecular formula is C23H25N9O3. The highest BCUT2D eigenvalue weighted by Crippen LogP contribution is 2.26. The van der Waals surface area contributed by atoms with Gasteiger partial charge in [0.1, 0.15) is 34.9 Å². The van der Waals surface area contributed by atoms with Crippen LogP contribution in [0.1, 0.15) is 74.2 Å². The number of imidazole rings is 1. The van der Waals surface area contributed by atoms with E-state index in [1.165, 1.54) is 6.33 Å². The highest BCUT2D eigenvalue weighted by molar-refractivity contribution is 5.97. The molecule has 0 bridgehead atoms. The fraction of sp³-hybridized carbons (Fsp3) is 0.391. The Morgan fingerprint density at radius 1 is 1.17 bits per heavy atom. The zero-order valence-electron chi connectivity index (χ0n) is 19.8. The van der Waals surface area contributed by atoms with E-state index in [2.05, 4.69) is 45.7 Å². The van der Waals surface area contributed by atoms with Gasteiger partial charge in [-0.1, -0.05) is 25.9 Å². The molecule has 0 unspecified atom stereocenters. The number of H-pyrrole nitrogens is 1.